The standard InChI is InChI=1S/C20H44N2O2/c1-11-21(12-2)15-17(19(5,6)7)23-24-18(20(8,9)10)16-22(13-3)14-4/h17-18H,11-16H2,1-10H3. The molecular weight excluding hydrogens is 300 g/mol. The molecule has 0 radical (unpaired) electrons. The summed E-state index contributed by atoms with van der Waals surface area (Å²) in [6.07, 6.45) is 0.109. The van der Waals surface area contributed by atoms with Crippen molar-refractivity contribution in [3.05, 3.63) is 0 Å². The molecule has 0 rings (SSSR count). The van der Waals surface area contributed by atoms with Crippen LogP contribution < -0.4 is 0 Å². The molecule has 0 aromatic heterocycles. The molecular formula is C20H44N2O2. The number of rotatable bonds is 11. The third-order valence-electron chi connectivity index (χ3n) is 4.86. The number of hydrogen-bond acceptors (Lipinski definition) is 4. The zero-order valence-corrected chi connectivity index (χ0v) is 18.1. The molecule has 0 aromatic rings. The van der Waals surface area contributed by atoms with E-state index in [2.05, 4.69) is 79.0 Å². The number of nitrogens with zero attached hydrogens (tertiary/aromatic N) is 2. The molecule has 146 valence electrons. The molecule has 0 bridgehead atoms. The average molecular weight is 345 g/mol. The lowest BCUT2D eigenvalue weighted by atomic mass is 9.88. The summed E-state index contributed by atoms with van der Waals surface area (Å²) in [6.45, 7) is 28.1. The predicted molar refractivity (Wildman–Crippen MR) is 104 cm³/mol. The normalized spacial score (nSPS) is 16.0. The van der Waals surface area contributed by atoms with Crippen LogP contribution >= 0.6 is 0 Å². The third kappa shape index (κ3) is 8.80. The first-order valence-electron chi connectivity index (χ1n) is 9.76. The summed E-state index contributed by atoms with van der Waals surface area (Å²) in [5.74, 6) is 0. The molecule has 0 saturated carbocycles. The highest BCUT2D eigenvalue weighted by Crippen LogP contribution is 2.28. The average Bonchev–Trinajstić information content (AvgIpc) is 2.48. The van der Waals surface area contributed by atoms with Gasteiger partial charge in [-0.25, -0.2) is 9.78 Å². The largest absolute Gasteiger partial charge is 0.301 e. The van der Waals surface area contributed by atoms with Crippen molar-refractivity contribution in [2.75, 3.05) is 39.3 Å². The van der Waals surface area contributed by atoms with Gasteiger partial charge >= 0.3 is 0 Å². The van der Waals surface area contributed by atoms with E-state index in [1.54, 1.807) is 0 Å². The van der Waals surface area contributed by atoms with Gasteiger partial charge in [-0.05, 0) is 37.0 Å². The molecule has 0 N–H and O–H groups in total. The SMILES string of the molecule is CCN(CC)CC(OOC(CN(CC)CC)C(C)(C)C)C(C)(C)C. The Morgan fingerprint density at radius 1 is 0.583 bits per heavy atom. The highest BCUT2D eigenvalue weighted by molar-refractivity contribution is 4.79. The van der Waals surface area contributed by atoms with Gasteiger partial charge in [0.05, 0.1) is 0 Å². The van der Waals surface area contributed by atoms with Gasteiger partial charge in [-0.15, -0.1) is 0 Å². The Balaban J connectivity index is 4.97. The fourth-order valence-corrected chi connectivity index (χ4v) is 2.46. The Hall–Kier alpha value is -0.160. The molecule has 0 saturated heterocycles. The first kappa shape index (κ1) is 23.8. The first-order valence-corrected chi connectivity index (χ1v) is 9.76. The van der Waals surface area contributed by atoms with Gasteiger partial charge in [0, 0.05) is 13.1 Å². The lowest BCUT2D eigenvalue weighted by Gasteiger charge is -2.38. The second-order valence-corrected chi connectivity index (χ2v) is 8.87. The van der Waals surface area contributed by atoms with Crippen LogP contribution in [0.3, 0.4) is 0 Å². The van der Waals surface area contributed by atoms with Crippen molar-refractivity contribution in [2.45, 2.75) is 81.4 Å². The summed E-state index contributed by atoms with van der Waals surface area (Å²) in [5.41, 5.74) is 0.0838. The number of hydrogen-bond donors (Lipinski definition) is 0. The van der Waals surface area contributed by atoms with Crippen LogP contribution in [0.2, 0.25) is 0 Å². The zero-order valence-electron chi connectivity index (χ0n) is 18.1. The topological polar surface area (TPSA) is 24.9 Å². The Labute approximate surface area is 151 Å². The smallest absolute Gasteiger partial charge is 0.110 e. The van der Waals surface area contributed by atoms with Crippen molar-refractivity contribution >= 4 is 0 Å². The Morgan fingerprint density at radius 2 is 0.833 bits per heavy atom. The maximum Gasteiger partial charge on any atom is 0.110 e. The fraction of sp³-hybridized carbons (Fsp3) is 1.00. The van der Waals surface area contributed by atoms with E-state index < -0.39 is 0 Å². The van der Waals surface area contributed by atoms with Crippen molar-refractivity contribution in [3.63, 3.8) is 0 Å². The van der Waals surface area contributed by atoms with E-state index in [1.807, 2.05) is 0 Å². The highest BCUT2D eigenvalue weighted by Gasteiger charge is 2.33. The van der Waals surface area contributed by atoms with E-state index in [9.17, 15) is 0 Å². The second kappa shape index (κ2) is 10.7. The van der Waals surface area contributed by atoms with Gasteiger partial charge in [0.15, 0.2) is 0 Å². The van der Waals surface area contributed by atoms with Crippen LogP contribution in [0.5, 0.6) is 0 Å². The molecule has 0 heterocycles. The Kier molecular flexibility index (Phi) is 10.7. The van der Waals surface area contributed by atoms with E-state index in [0.29, 0.717) is 0 Å². The van der Waals surface area contributed by atoms with Crippen LogP contribution in [0.1, 0.15) is 69.2 Å². The van der Waals surface area contributed by atoms with Gasteiger partial charge in [-0.1, -0.05) is 69.2 Å². The molecule has 0 aliphatic heterocycles. The van der Waals surface area contributed by atoms with E-state index >= 15 is 0 Å². The van der Waals surface area contributed by atoms with Crippen molar-refractivity contribution < 1.29 is 9.78 Å². The summed E-state index contributed by atoms with van der Waals surface area (Å²) in [6, 6.07) is 0. The van der Waals surface area contributed by atoms with E-state index in [-0.39, 0.29) is 23.0 Å². The van der Waals surface area contributed by atoms with Crippen molar-refractivity contribution in [1.82, 2.24) is 9.80 Å². The summed E-state index contributed by atoms with van der Waals surface area (Å²) < 4.78 is 0. The Morgan fingerprint density at radius 3 is 1.00 bits per heavy atom. The van der Waals surface area contributed by atoms with Crippen molar-refractivity contribution in [1.29, 1.82) is 0 Å². The van der Waals surface area contributed by atoms with Crippen molar-refractivity contribution in [2.24, 2.45) is 10.8 Å². The van der Waals surface area contributed by atoms with E-state index in [1.165, 1.54) is 0 Å². The summed E-state index contributed by atoms with van der Waals surface area (Å²) in [7, 11) is 0. The van der Waals surface area contributed by atoms with Crippen LogP contribution in [0.15, 0.2) is 0 Å². The molecule has 0 aliphatic rings. The van der Waals surface area contributed by atoms with Gasteiger partial charge < -0.3 is 9.80 Å². The minimum absolute atomic E-state index is 0.0419. The highest BCUT2D eigenvalue weighted by atomic mass is 17.2. The summed E-state index contributed by atoms with van der Waals surface area (Å²) in [4.78, 5) is 16.9. The number of likely N-dealkylation sites (N-methyl/N-ethyl adjacent to an activating group) is 2. The maximum atomic E-state index is 6.05. The Bertz CT molecular complexity index is 281. The summed E-state index contributed by atoms with van der Waals surface area (Å²) >= 11 is 0. The third-order valence-corrected chi connectivity index (χ3v) is 4.86. The maximum absolute atomic E-state index is 6.05. The molecule has 0 aliphatic carbocycles. The van der Waals surface area contributed by atoms with Crippen LogP contribution in [-0.4, -0.2) is 61.3 Å². The van der Waals surface area contributed by atoms with E-state index in [0.717, 1.165) is 39.3 Å². The first-order chi connectivity index (χ1) is 11.0. The van der Waals surface area contributed by atoms with Gasteiger partial charge in [0.2, 0.25) is 0 Å². The predicted octanol–water partition coefficient (Wildman–Crippen LogP) is 4.45. The molecule has 4 nitrogen and oxygen atoms in total. The molecule has 4 heteroatoms. The lowest BCUT2D eigenvalue weighted by molar-refractivity contribution is -0.381. The molecule has 0 aromatic carbocycles. The molecule has 0 amide bonds. The minimum Gasteiger partial charge on any atom is -0.301 e. The van der Waals surface area contributed by atoms with E-state index in [4.69, 9.17) is 9.78 Å². The van der Waals surface area contributed by atoms with Crippen LogP contribution in [0.4, 0.5) is 0 Å². The summed E-state index contributed by atoms with van der Waals surface area (Å²) in [5, 5.41) is 0. The molecule has 0 spiro atoms. The molecule has 0 fully saturated rings. The van der Waals surface area contributed by atoms with Gasteiger partial charge in [0.1, 0.15) is 12.2 Å². The molecule has 2 atom stereocenters. The van der Waals surface area contributed by atoms with Crippen LogP contribution in [-0.2, 0) is 9.78 Å². The fourth-order valence-electron chi connectivity index (χ4n) is 2.46. The quantitative estimate of drug-likeness (QED) is 0.408. The molecule has 24 heavy (non-hydrogen) atoms. The van der Waals surface area contributed by atoms with Gasteiger partial charge in [-0.3, -0.25) is 0 Å². The molecule has 2 unspecified atom stereocenters. The lowest BCUT2D eigenvalue weighted by Crippen LogP contribution is -2.45. The van der Waals surface area contributed by atoms with Crippen LogP contribution in [0.25, 0.3) is 0 Å². The van der Waals surface area contributed by atoms with Gasteiger partial charge in [-0.2, -0.15) is 0 Å². The van der Waals surface area contributed by atoms with Crippen LogP contribution in [0, 0.1) is 10.8 Å². The monoisotopic (exact) mass is 344 g/mol. The van der Waals surface area contributed by atoms with Crippen molar-refractivity contribution in [3.8, 4) is 0 Å². The second-order valence-electron chi connectivity index (χ2n) is 8.87. The minimum atomic E-state index is 0.0419. The zero-order chi connectivity index (χ0) is 19.0. The van der Waals surface area contributed by atoms with Gasteiger partial charge in [0.25, 0.3) is 0 Å².